The molecular weight excluding hydrogens is 378 g/mol. The van der Waals surface area contributed by atoms with Crippen LogP contribution in [0.3, 0.4) is 0 Å². The number of fused-ring (bicyclic) bond motifs is 2. The average molecular weight is 395 g/mol. The zero-order valence-electron chi connectivity index (χ0n) is 15.7. The van der Waals surface area contributed by atoms with Gasteiger partial charge in [0.05, 0.1) is 16.8 Å². The Balaban J connectivity index is 1.73. The maximum Gasteiger partial charge on any atom is 0.260 e. The number of hydrogen-bond donors (Lipinski definition) is 0. The van der Waals surface area contributed by atoms with Crippen LogP contribution in [0, 0.1) is 0 Å². The molecule has 29 heavy (non-hydrogen) atoms. The minimum absolute atomic E-state index is 0.0972. The van der Waals surface area contributed by atoms with Crippen molar-refractivity contribution in [1.29, 1.82) is 0 Å². The Hall–Kier alpha value is -3.57. The molecule has 0 aliphatic carbocycles. The molecule has 1 amide bonds. The number of benzene rings is 3. The van der Waals surface area contributed by atoms with Gasteiger partial charge in [-0.1, -0.05) is 60.7 Å². The van der Waals surface area contributed by atoms with E-state index in [2.05, 4.69) is 29.2 Å². The molecule has 0 N–H and O–H groups in total. The predicted molar refractivity (Wildman–Crippen MR) is 120 cm³/mol. The number of amides is 1. The summed E-state index contributed by atoms with van der Waals surface area (Å²) in [4.78, 5) is 24.1. The Morgan fingerprint density at radius 1 is 0.931 bits per heavy atom. The molecule has 0 bridgehead atoms. The second-order valence-corrected chi connectivity index (χ2v) is 7.65. The number of anilines is 1. The molecule has 3 aromatic carbocycles. The van der Waals surface area contributed by atoms with E-state index in [9.17, 15) is 4.79 Å². The van der Waals surface area contributed by atoms with Gasteiger partial charge < -0.3 is 0 Å². The Labute approximate surface area is 172 Å². The minimum atomic E-state index is -0.0972. The van der Waals surface area contributed by atoms with Gasteiger partial charge in [-0.3, -0.25) is 9.69 Å². The Bertz CT molecular complexity index is 1340. The lowest BCUT2D eigenvalue weighted by molar-refractivity contribution is 0.0994. The zero-order valence-corrected chi connectivity index (χ0v) is 16.6. The van der Waals surface area contributed by atoms with E-state index >= 15 is 0 Å². The SMILES string of the molecule is CN(C(=O)c1cc(-c2cccc3ccccc23)nc2ccccc12)c1nccs1. The lowest BCUT2D eigenvalue weighted by atomic mass is 9.99. The van der Waals surface area contributed by atoms with E-state index in [0.717, 1.165) is 32.9 Å². The molecular formula is C24H17N3OS. The van der Waals surface area contributed by atoms with Crippen molar-refractivity contribution in [2.45, 2.75) is 0 Å². The summed E-state index contributed by atoms with van der Waals surface area (Å²) in [5.74, 6) is -0.0972. The Morgan fingerprint density at radius 3 is 2.52 bits per heavy atom. The third-order valence-electron chi connectivity index (χ3n) is 5.02. The van der Waals surface area contributed by atoms with E-state index in [1.54, 1.807) is 18.1 Å². The van der Waals surface area contributed by atoms with E-state index < -0.39 is 0 Å². The Morgan fingerprint density at radius 2 is 1.69 bits per heavy atom. The van der Waals surface area contributed by atoms with Crippen LogP contribution in [0.25, 0.3) is 32.9 Å². The first-order valence-electron chi connectivity index (χ1n) is 9.28. The lowest BCUT2D eigenvalue weighted by Crippen LogP contribution is -2.26. The van der Waals surface area contributed by atoms with Crippen LogP contribution < -0.4 is 4.90 Å². The minimum Gasteiger partial charge on any atom is -0.287 e. The molecule has 0 radical (unpaired) electrons. The van der Waals surface area contributed by atoms with E-state index in [0.29, 0.717) is 10.7 Å². The highest BCUT2D eigenvalue weighted by molar-refractivity contribution is 7.13. The number of pyridine rings is 1. The van der Waals surface area contributed by atoms with Crippen LogP contribution in [0.2, 0.25) is 0 Å². The van der Waals surface area contributed by atoms with Crippen molar-refractivity contribution < 1.29 is 4.79 Å². The van der Waals surface area contributed by atoms with Gasteiger partial charge in [-0.25, -0.2) is 9.97 Å². The van der Waals surface area contributed by atoms with Crippen LogP contribution in [-0.4, -0.2) is 22.9 Å². The number of carbonyl (C=O) groups is 1. The molecule has 0 aliphatic rings. The van der Waals surface area contributed by atoms with E-state index in [-0.39, 0.29) is 5.91 Å². The molecule has 0 spiro atoms. The van der Waals surface area contributed by atoms with Gasteiger partial charge in [0.1, 0.15) is 0 Å². The summed E-state index contributed by atoms with van der Waals surface area (Å²) in [6, 6.07) is 24.1. The summed E-state index contributed by atoms with van der Waals surface area (Å²) in [6.45, 7) is 0. The molecule has 0 fully saturated rings. The van der Waals surface area contributed by atoms with Crippen molar-refractivity contribution in [3.63, 3.8) is 0 Å². The average Bonchev–Trinajstić information content (AvgIpc) is 3.32. The van der Waals surface area contributed by atoms with Gasteiger partial charge in [-0.05, 0) is 22.9 Å². The summed E-state index contributed by atoms with van der Waals surface area (Å²) in [7, 11) is 1.76. The second-order valence-electron chi connectivity index (χ2n) is 6.78. The molecule has 4 nitrogen and oxygen atoms in total. The molecule has 0 aliphatic heterocycles. The van der Waals surface area contributed by atoms with Gasteiger partial charge in [0, 0.05) is 29.6 Å². The standard InChI is InChI=1S/C24H17N3OS/c1-27(24-25-13-14-29-24)23(28)20-15-22(26-21-12-5-4-10-19(20)21)18-11-6-8-16-7-2-3-9-17(16)18/h2-15H,1H3. The van der Waals surface area contributed by atoms with Gasteiger partial charge in [0.2, 0.25) is 0 Å². The van der Waals surface area contributed by atoms with Crippen LogP contribution in [0.1, 0.15) is 10.4 Å². The van der Waals surface area contributed by atoms with Crippen molar-refractivity contribution in [2.24, 2.45) is 0 Å². The molecule has 5 rings (SSSR count). The van der Waals surface area contributed by atoms with E-state index in [4.69, 9.17) is 4.98 Å². The van der Waals surface area contributed by atoms with Crippen LogP contribution in [0.4, 0.5) is 5.13 Å². The van der Waals surface area contributed by atoms with Crippen molar-refractivity contribution >= 4 is 44.1 Å². The topological polar surface area (TPSA) is 46.1 Å². The number of rotatable bonds is 3. The number of thiazole rings is 1. The molecule has 0 atom stereocenters. The maximum absolute atomic E-state index is 13.4. The van der Waals surface area contributed by atoms with Crippen LogP contribution in [-0.2, 0) is 0 Å². The molecule has 2 aromatic heterocycles. The molecule has 5 aromatic rings. The molecule has 2 heterocycles. The zero-order chi connectivity index (χ0) is 19.8. The van der Waals surface area contributed by atoms with Gasteiger partial charge in [0.25, 0.3) is 5.91 Å². The summed E-state index contributed by atoms with van der Waals surface area (Å²) in [6.07, 6.45) is 1.70. The van der Waals surface area contributed by atoms with Crippen LogP contribution in [0.15, 0.2) is 84.4 Å². The summed E-state index contributed by atoms with van der Waals surface area (Å²) < 4.78 is 0. The quantitative estimate of drug-likeness (QED) is 0.388. The molecule has 0 saturated heterocycles. The largest absolute Gasteiger partial charge is 0.287 e. The number of carbonyl (C=O) groups excluding carboxylic acids is 1. The first-order valence-corrected chi connectivity index (χ1v) is 10.2. The second kappa shape index (κ2) is 7.11. The van der Waals surface area contributed by atoms with Gasteiger partial charge in [-0.15, -0.1) is 11.3 Å². The normalized spacial score (nSPS) is 11.1. The predicted octanol–water partition coefficient (Wildman–Crippen LogP) is 5.79. The number of para-hydroxylation sites is 1. The maximum atomic E-state index is 13.4. The third kappa shape index (κ3) is 3.05. The monoisotopic (exact) mass is 395 g/mol. The fraction of sp³-hybridized carbons (Fsp3) is 0.0417. The fourth-order valence-corrected chi connectivity index (χ4v) is 4.19. The highest BCUT2D eigenvalue weighted by Gasteiger charge is 2.20. The highest BCUT2D eigenvalue weighted by atomic mass is 32.1. The van der Waals surface area contributed by atoms with Crippen molar-refractivity contribution in [3.8, 4) is 11.3 Å². The molecule has 0 unspecified atom stereocenters. The molecule has 140 valence electrons. The summed E-state index contributed by atoms with van der Waals surface area (Å²) in [5.41, 5.74) is 3.22. The summed E-state index contributed by atoms with van der Waals surface area (Å²) >= 11 is 1.44. The third-order valence-corrected chi connectivity index (χ3v) is 5.87. The van der Waals surface area contributed by atoms with Crippen molar-refractivity contribution in [1.82, 2.24) is 9.97 Å². The summed E-state index contributed by atoms with van der Waals surface area (Å²) in [5, 5.41) is 5.63. The first-order chi connectivity index (χ1) is 14.2. The lowest BCUT2D eigenvalue weighted by Gasteiger charge is -2.16. The fourth-order valence-electron chi connectivity index (χ4n) is 3.59. The number of hydrogen-bond acceptors (Lipinski definition) is 4. The Kier molecular flexibility index (Phi) is 4.30. The molecule has 5 heteroatoms. The smallest absolute Gasteiger partial charge is 0.260 e. The van der Waals surface area contributed by atoms with E-state index in [1.807, 2.05) is 53.9 Å². The van der Waals surface area contributed by atoms with Crippen molar-refractivity contribution in [3.05, 3.63) is 89.9 Å². The number of nitrogens with zero attached hydrogens (tertiary/aromatic N) is 3. The van der Waals surface area contributed by atoms with E-state index in [1.165, 1.54) is 11.3 Å². The molecule has 0 saturated carbocycles. The number of aromatic nitrogens is 2. The van der Waals surface area contributed by atoms with Gasteiger partial charge in [0.15, 0.2) is 5.13 Å². The van der Waals surface area contributed by atoms with Crippen LogP contribution >= 0.6 is 11.3 Å². The van der Waals surface area contributed by atoms with Gasteiger partial charge >= 0.3 is 0 Å². The highest BCUT2D eigenvalue weighted by Crippen LogP contribution is 2.31. The van der Waals surface area contributed by atoms with Crippen LogP contribution in [0.5, 0.6) is 0 Å². The van der Waals surface area contributed by atoms with Crippen molar-refractivity contribution in [2.75, 3.05) is 11.9 Å². The first kappa shape index (κ1) is 17.5. The van der Waals surface area contributed by atoms with Gasteiger partial charge in [-0.2, -0.15) is 0 Å².